The molecule has 0 amide bonds. The van der Waals surface area contributed by atoms with Crippen LogP contribution in [0.4, 0.5) is 0 Å². The van der Waals surface area contributed by atoms with Crippen LogP contribution in [-0.4, -0.2) is 25.5 Å². The number of hydrogen-bond donors (Lipinski definition) is 1. The van der Waals surface area contributed by atoms with Gasteiger partial charge in [-0.05, 0) is 43.9 Å². The lowest BCUT2D eigenvalue weighted by molar-refractivity contribution is -0.139. The fraction of sp³-hybridized carbons (Fsp3) is 0.478. The van der Waals surface area contributed by atoms with E-state index in [1.54, 1.807) is 7.11 Å². The number of esters is 1. The van der Waals surface area contributed by atoms with Crippen LogP contribution in [0.2, 0.25) is 0 Å². The van der Waals surface area contributed by atoms with Crippen LogP contribution in [-0.2, 0) is 14.3 Å². The molecule has 0 radical (unpaired) electrons. The van der Waals surface area contributed by atoms with E-state index in [1.807, 2.05) is 31.2 Å². The monoisotopic (exact) mass is 383 g/mol. The maximum absolute atomic E-state index is 13.0. The molecule has 1 aromatic carbocycles. The Kier molecular flexibility index (Phi) is 6.55. The van der Waals surface area contributed by atoms with E-state index in [2.05, 4.69) is 12.2 Å². The van der Waals surface area contributed by atoms with Crippen molar-refractivity contribution in [3.05, 3.63) is 52.4 Å². The summed E-state index contributed by atoms with van der Waals surface area (Å²) in [5.74, 6) is 0.0387. The Labute approximate surface area is 166 Å². The number of ether oxygens (including phenoxy) is 2. The van der Waals surface area contributed by atoms with Gasteiger partial charge >= 0.3 is 5.97 Å². The van der Waals surface area contributed by atoms with E-state index < -0.39 is 5.92 Å². The van der Waals surface area contributed by atoms with Gasteiger partial charge in [0.1, 0.15) is 5.75 Å². The van der Waals surface area contributed by atoms with Gasteiger partial charge in [-0.15, -0.1) is 0 Å². The maximum atomic E-state index is 13.0. The van der Waals surface area contributed by atoms with Crippen molar-refractivity contribution in [1.82, 2.24) is 5.32 Å². The van der Waals surface area contributed by atoms with Crippen molar-refractivity contribution in [3.8, 4) is 5.75 Å². The number of ketones is 1. The number of rotatable bonds is 7. The van der Waals surface area contributed by atoms with Crippen LogP contribution in [0.15, 0.2) is 46.8 Å². The fourth-order valence-corrected chi connectivity index (χ4v) is 4.00. The molecule has 150 valence electrons. The van der Waals surface area contributed by atoms with E-state index >= 15 is 0 Å². The van der Waals surface area contributed by atoms with Gasteiger partial charge in [0, 0.05) is 29.3 Å². The lowest BCUT2D eigenvalue weighted by atomic mass is 9.75. The zero-order chi connectivity index (χ0) is 20.1. The molecule has 1 aliphatic carbocycles. The summed E-state index contributed by atoms with van der Waals surface area (Å²) in [6, 6.07) is 7.61. The number of benzene rings is 1. The molecule has 2 aliphatic rings. The van der Waals surface area contributed by atoms with Gasteiger partial charge in [0.2, 0.25) is 0 Å². The number of methoxy groups -OCH3 is 1. The number of allylic oxidation sites excluding steroid dienone is 3. The molecule has 1 N–H and O–H groups in total. The van der Waals surface area contributed by atoms with Gasteiger partial charge in [0.05, 0.1) is 19.3 Å². The van der Waals surface area contributed by atoms with Crippen LogP contribution in [0.1, 0.15) is 63.9 Å². The largest absolute Gasteiger partial charge is 0.497 e. The lowest BCUT2D eigenvalue weighted by Crippen LogP contribution is -2.34. The van der Waals surface area contributed by atoms with E-state index in [4.69, 9.17) is 9.47 Å². The van der Waals surface area contributed by atoms with Crippen molar-refractivity contribution in [3.63, 3.8) is 0 Å². The number of dihydropyridines is 1. The summed E-state index contributed by atoms with van der Waals surface area (Å²) >= 11 is 0. The molecule has 1 aliphatic heterocycles. The van der Waals surface area contributed by atoms with Crippen molar-refractivity contribution in [2.24, 2.45) is 0 Å². The molecule has 0 saturated carbocycles. The zero-order valence-corrected chi connectivity index (χ0v) is 17.0. The maximum Gasteiger partial charge on any atom is 0.336 e. The Morgan fingerprint density at radius 2 is 2.07 bits per heavy atom. The van der Waals surface area contributed by atoms with Crippen molar-refractivity contribution in [1.29, 1.82) is 0 Å². The van der Waals surface area contributed by atoms with E-state index in [-0.39, 0.29) is 11.8 Å². The summed E-state index contributed by atoms with van der Waals surface area (Å²) in [5, 5.41) is 3.32. The summed E-state index contributed by atoms with van der Waals surface area (Å²) in [7, 11) is 1.61. The van der Waals surface area contributed by atoms with E-state index in [9.17, 15) is 9.59 Å². The molecule has 3 rings (SSSR count). The predicted octanol–water partition coefficient (Wildman–Crippen LogP) is 4.40. The number of carbonyl (C=O) groups excluding carboxylic acids is 2. The summed E-state index contributed by atoms with van der Waals surface area (Å²) in [6.07, 6.45) is 5.10. The highest BCUT2D eigenvalue weighted by molar-refractivity contribution is 6.03. The number of Topliss-reactive ketones (excluding diaryl/α,β-unsaturated/α-hetero) is 1. The summed E-state index contributed by atoms with van der Waals surface area (Å²) in [5.41, 5.74) is 3.80. The van der Waals surface area contributed by atoms with Crippen molar-refractivity contribution in [2.75, 3.05) is 13.7 Å². The molecule has 5 nitrogen and oxygen atoms in total. The molecule has 1 atom stereocenters. The van der Waals surface area contributed by atoms with Crippen LogP contribution in [0.5, 0.6) is 5.75 Å². The first kappa shape index (κ1) is 20.2. The molecule has 1 aromatic rings. The van der Waals surface area contributed by atoms with Crippen molar-refractivity contribution < 1.29 is 19.1 Å². The Morgan fingerprint density at radius 1 is 1.25 bits per heavy atom. The fourth-order valence-electron chi connectivity index (χ4n) is 4.00. The van der Waals surface area contributed by atoms with Crippen LogP contribution in [0, 0.1) is 0 Å². The van der Waals surface area contributed by atoms with Gasteiger partial charge in [-0.2, -0.15) is 0 Å². The second kappa shape index (κ2) is 9.09. The first-order valence-corrected chi connectivity index (χ1v) is 10.1. The van der Waals surface area contributed by atoms with Crippen molar-refractivity contribution in [2.45, 2.75) is 58.3 Å². The first-order chi connectivity index (χ1) is 13.6. The number of carbonyl (C=O) groups is 2. The van der Waals surface area contributed by atoms with Crippen LogP contribution < -0.4 is 10.1 Å². The third-order valence-electron chi connectivity index (χ3n) is 5.40. The summed E-state index contributed by atoms with van der Waals surface area (Å²) in [4.78, 5) is 25.8. The van der Waals surface area contributed by atoms with E-state index in [0.29, 0.717) is 29.9 Å². The second-order valence-corrected chi connectivity index (χ2v) is 7.39. The van der Waals surface area contributed by atoms with Crippen LogP contribution in [0.25, 0.3) is 0 Å². The number of hydrogen-bond acceptors (Lipinski definition) is 5. The quantitative estimate of drug-likeness (QED) is 0.559. The first-order valence-electron chi connectivity index (χ1n) is 10.1. The van der Waals surface area contributed by atoms with Gasteiger partial charge in [-0.1, -0.05) is 31.9 Å². The average Bonchev–Trinajstić information content (AvgIpc) is 2.70. The van der Waals surface area contributed by atoms with E-state index in [0.717, 1.165) is 49.1 Å². The Hall–Kier alpha value is -2.56. The molecule has 28 heavy (non-hydrogen) atoms. The van der Waals surface area contributed by atoms with Gasteiger partial charge in [0.15, 0.2) is 5.78 Å². The Balaban J connectivity index is 2.00. The highest BCUT2D eigenvalue weighted by Gasteiger charge is 2.39. The minimum absolute atomic E-state index is 0.102. The molecule has 0 unspecified atom stereocenters. The molecular weight excluding hydrogens is 354 g/mol. The summed E-state index contributed by atoms with van der Waals surface area (Å²) < 4.78 is 10.9. The normalized spacial score (nSPS) is 19.2. The summed E-state index contributed by atoms with van der Waals surface area (Å²) in [6.45, 7) is 4.40. The molecule has 0 bridgehead atoms. The van der Waals surface area contributed by atoms with Crippen LogP contribution >= 0.6 is 0 Å². The second-order valence-electron chi connectivity index (χ2n) is 7.39. The SMILES string of the molecule is CCCCCOC(=O)C1=C(C)NC2=C(C(=O)CCC2)[C@@H]1c1cccc(OC)c1. The third kappa shape index (κ3) is 4.13. The lowest BCUT2D eigenvalue weighted by Gasteiger charge is -2.34. The molecule has 0 aromatic heterocycles. The highest BCUT2D eigenvalue weighted by Crippen LogP contribution is 2.43. The standard InChI is InChI=1S/C23H29NO4/c1-4-5-6-13-28-23(26)20-15(2)24-18-11-8-12-19(25)22(18)21(20)16-9-7-10-17(14-16)27-3/h7,9-10,14,21,24H,4-6,8,11-13H2,1-3H3/t21-/m1/s1. The van der Waals surface area contributed by atoms with Crippen molar-refractivity contribution >= 4 is 11.8 Å². The molecule has 5 heteroatoms. The van der Waals surface area contributed by atoms with Gasteiger partial charge in [0.25, 0.3) is 0 Å². The Bertz CT molecular complexity index is 822. The molecule has 0 spiro atoms. The van der Waals surface area contributed by atoms with Gasteiger partial charge in [-0.3, -0.25) is 4.79 Å². The number of nitrogens with one attached hydrogen (secondary N) is 1. The molecular formula is C23H29NO4. The predicted molar refractivity (Wildman–Crippen MR) is 108 cm³/mol. The topological polar surface area (TPSA) is 64.6 Å². The number of unbranched alkanes of at least 4 members (excludes halogenated alkanes) is 2. The smallest absolute Gasteiger partial charge is 0.336 e. The zero-order valence-electron chi connectivity index (χ0n) is 17.0. The molecule has 0 fully saturated rings. The minimum Gasteiger partial charge on any atom is -0.497 e. The average molecular weight is 383 g/mol. The highest BCUT2D eigenvalue weighted by atomic mass is 16.5. The Morgan fingerprint density at radius 3 is 2.82 bits per heavy atom. The van der Waals surface area contributed by atoms with Gasteiger partial charge in [-0.25, -0.2) is 4.79 Å². The van der Waals surface area contributed by atoms with Gasteiger partial charge < -0.3 is 14.8 Å². The molecule has 1 heterocycles. The minimum atomic E-state index is -0.419. The third-order valence-corrected chi connectivity index (χ3v) is 5.40. The van der Waals surface area contributed by atoms with Crippen LogP contribution in [0.3, 0.4) is 0 Å². The van der Waals surface area contributed by atoms with E-state index in [1.165, 1.54) is 0 Å². The molecule has 0 saturated heterocycles.